The van der Waals surface area contributed by atoms with Gasteiger partial charge in [-0.1, -0.05) is 19.9 Å². The first kappa shape index (κ1) is 13.7. The van der Waals surface area contributed by atoms with Crippen LogP contribution in [0.4, 0.5) is 4.39 Å². The van der Waals surface area contributed by atoms with E-state index in [0.29, 0.717) is 12.0 Å². The van der Waals surface area contributed by atoms with E-state index in [1.807, 2.05) is 13.8 Å². The van der Waals surface area contributed by atoms with Crippen molar-refractivity contribution in [1.82, 2.24) is 0 Å². The summed E-state index contributed by atoms with van der Waals surface area (Å²) in [6.45, 7) is 4.00. The van der Waals surface area contributed by atoms with Crippen LogP contribution < -0.4 is 4.74 Å². The summed E-state index contributed by atoms with van der Waals surface area (Å²) < 4.78 is 18.3. The first-order valence-electron chi connectivity index (χ1n) is 5.97. The molecule has 0 heterocycles. The lowest BCUT2D eigenvalue weighted by Gasteiger charge is -2.11. The Morgan fingerprint density at radius 1 is 1.35 bits per heavy atom. The van der Waals surface area contributed by atoms with E-state index in [-0.39, 0.29) is 17.5 Å². The summed E-state index contributed by atoms with van der Waals surface area (Å²) in [5, 5.41) is 0. The van der Waals surface area contributed by atoms with Crippen LogP contribution in [0.1, 0.15) is 32.3 Å². The maximum absolute atomic E-state index is 13.4. The van der Waals surface area contributed by atoms with Crippen molar-refractivity contribution in [2.24, 2.45) is 5.92 Å². The van der Waals surface area contributed by atoms with Crippen LogP contribution in [0, 0.1) is 11.7 Å². The Kier molecular flexibility index (Phi) is 5.13. The van der Waals surface area contributed by atoms with E-state index in [1.165, 1.54) is 13.2 Å². The fraction of sp³-hybridized carbons (Fsp3) is 0.500. The molecule has 0 aliphatic carbocycles. The largest absolute Gasteiger partial charge is 0.494 e. The van der Waals surface area contributed by atoms with Crippen LogP contribution in [0.3, 0.4) is 0 Å². The van der Waals surface area contributed by atoms with Gasteiger partial charge in [-0.15, -0.1) is 0 Å². The van der Waals surface area contributed by atoms with Crippen LogP contribution in [0.25, 0.3) is 0 Å². The average Bonchev–Trinajstić information content (AvgIpc) is 2.31. The predicted octanol–water partition coefficient (Wildman–Crippen LogP) is 3.38. The van der Waals surface area contributed by atoms with Crippen molar-refractivity contribution in [3.63, 3.8) is 0 Å². The van der Waals surface area contributed by atoms with Crippen LogP contribution >= 0.6 is 0 Å². The molecule has 17 heavy (non-hydrogen) atoms. The molecule has 0 aliphatic rings. The Morgan fingerprint density at radius 2 is 2.00 bits per heavy atom. The molecule has 0 fully saturated rings. The van der Waals surface area contributed by atoms with Gasteiger partial charge in [0.25, 0.3) is 0 Å². The van der Waals surface area contributed by atoms with E-state index >= 15 is 0 Å². The van der Waals surface area contributed by atoms with Crippen LogP contribution in [0.5, 0.6) is 5.75 Å². The Hall–Kier alpha value is -1.38. The predicted molar refractivity (Wildman–Crippen MR) is 65.7 cm³/mol. The van der Waals surface area contributed by atoms with Crippen molar-refractivity contribution in [2.75, 3.05) is 7.11 Å². The number of halogens is 1. The minimum atomic E-state index is -0.414. The number of methoxy groups -OCH3 is 1. The maximum atomic E-state index is 13.4. The van der Waals surface area contributed by atoms with Gasteiger partial charge in [-0.05, 0) is 30.5 Å². The van der Waals surface area contributed by atoms with Crippen molar-refractivity contribution in [3.8, 4) is 5.75 Å². The van der Waals surface area contributed by atoms with Crippen LogP contribution in [-0.4, -0.2) is 12.9 Å². The number of Topliss-reactive ketones (excluding diaryl/α,β-unsaturated/α-hetero) is 1. The van der Waals surface area contributed by atoms with Crippen LogP contribution in [-0.2, 0) is 11.2 Å². The third kappa shape index (κ3) is 3.55. The number of benzene rings is 1. The van der Waals surface area contributed by atoms with E-state index in [1.54, 1.807) is 12.1 Å². The number of rotatable bonds is 6. The van der Waals surface area contributed by atoms with Crippen molar-refractivity contribution >= 4 is 5.78 Å². The van der Waals surface area contributed by atoms with Gasteiger partial charge in [0.1, 0.15) is 5.78 Å². The van der Waals surface area contributed by atoms with Crippen molar-refractivity contribution in [2.45, 2.75) is 33.1 Å². The number of ketones is 1. The molecule has 0 amide bonds. The zero-order valence-electron chi connectivity index (χ0n) is 10.6. The first-order valence-corrected chi connectivity index (χ1v) is 5.97. The summed E-state index contributed by atoms with van der Waals surface area (Å²) in [4.78, 5) is 11.9. The second kappa shape index (κ2) is 6.38. The minimum absolute atomic E-state index is 0.0835. The van der Waals surface area contributed by atoms with Crippen LogP contribution in [0.15, 0.2) is 18.2 Å². The lowest BCUT2D eigenvalue weighted by Crippen LogP contribution is -2.15. The van der Waals surface area contributed by atoms with Gasteiger partial charge >= 0.3 is 0 Å². The van der Waals surface area contributed by atoms with Crippen molar-refractivity contribution in [3.05, 3.63) is 29.6 Å². The molecule has 2 nitrogen and oxygen atoms in total. The van der Waals surface area contributed by atoms with E-state index < -0.39 is 5.82 Å². The lowest BCUT2D eigenvalue weighted by atomic mass is 9.93. The quantitative estimate of drug-likeness (QED) is 0.759. The summed E-state index contributed by atoms with van der Waals surface area (Å²) in [7, 11) is 1.42. The van der Waals surface area contributed by atoms with E-state index in [2.05, 4.69) is 0 Å². The molecule has 94 valence electrons. The topological polar surface area (TPSA) is 26.3 Å². The second-order valence-corrected chi connectivity index (χ2v) is 4.13. The molecule has 1 aromatic carbocycles. The second-order valence-electron chi connectivity index (χ2n) is 4.13. The molecule has 0 saturated heterocycles. The summed E-state index contributed by atoms with van der Waals surface area (Å²) >= 11 is 0. The normalized spacial score (nSPS) is 10.6. The number of hydrogen-bond donors (Lipinski definition) is 0. The van der Waals surface area contributed by atoms with Gasteiger partial charge in [0.15, 0.2) is 11.6 Å². The fourth-order valence-corrected chi connectivity index (χ4v) is 1.91. The van der Waals surface area contributed by atoms with Crippen molar-refractivity contribution < 1.29 is 13.9 Å². The van der Waals surface area contributed by atoms with Gasteiger partial charge in [-0.2, -0.15) is 0 Å². The highest BCUT2D eigenvalue weighted by Crippen LogP contribution is 2.19. The zero-order valence-corrected chi connectivity index (χ0v) is 10.6. The molecule has 0 spiro atoms. The van der Waals surface area contributed by atoms with E-state index in [0.717, 1.165) is 12.8 Å². The highest BCUT2D eigenvalue weighted by molar-refractivity contribution is 5.83. The molecule has 1 rings (SSSR count). The Morgan fingerprint density at radius 3 is 2.47 bits per heavy atom. The zero-order chi connectivity index (χ0) is 12.8. The number of ether oxygens (including phenoxy) is 1. The number of hydrogen-bond acceptors (Lipinski definition) is 2. The van der Waals surface area contributed by atoms with E-state index in [9.17, 15) is 9.18 Å². The smallest absolute Gasteiger partial charge is 0.165 e. The number of carbonyl (C=O) groups is 1. The molecular weight excluding hydrogens is 219 g/mol. The molecule has 0 unspecified atom stereocenters. The molecule has 0 aliphatic heterocycles. The molecule has 0 radical (unpaired) electrons. The highest BCUT2D eigenvalue weighted by atomic mass is 19.1. The van der Waals surface area contributed by atoms with Gasteiger partial charge in [0.05, 0.1) is 7.11 Å². The van der Waals surface area contributed by atoms with Gasteiger partial charge in [0, 0.05) is 12.3 Å². The first-order chi connectivity index (χ1) is 8.12. The van der Waals surface area contributed by atoms with Gasteiger partial charge in [-0.25, -0.2) is 4.39 Å². The third-order valence-electron chi connectivity index (χ3n) is 3.04. The lowest BCUT2D eigenvalue weighted by molar-refractivity contribution is -0.122. The summed E-state index contributed by atoms with van der Waals surface area (Å²) in [6, 6.07) is 4.67. The minimum Gasteiger partial charge on any atom is -0.494 e. The molecule has 0 N–H and O–H groups in total. The SMILES string of the molecule is CCC(CC)C(=O)Cc1ccc(OC)c(F)c1. The molecule has 1 aromatic rings. The van der Waals surface area contributed by atoms with Crippen LogP contribution in [0.2, 0.25) is 0 Å². The standard InChI is InChI=1S/C14H19FO2/c1-4-11(5-2)13(16)9-10-6-7-14(17-3)12(15)8-10/h6-8,11H,4-5,9H2,1-3H3. The highest BCUT2D eigenvalue weighted by Gasteiger charge is 2.15. The molecular formula is C14H19FO2. The average molecular weight is 238 g/mol. The molecule has 0 saturated carbocycles. The fourth-order valence-electron chi connectivity index (χ4n) is 1.91. The Bertz CT molecular complexity index is 384. The summed E-state index contributed by atoms with van der Waals surface area (Å²) in [6.07, 6.45) is 1.98. The Labute approximate surface area is 102 Å². The molecule has 0 atom stereocenters. The maximum Gasteiger partial charge on any atom is 0.165 e. The molecule has 3 heteroatoms. The van der Waals surface area contributed by atoms with E-state index in [4.69, 9.17) is 4.74 Å². The summed E-state index contributed by atoms with van der Waals surface area (Å²) in [5.74, 6) is 0.0609. The summed E-state index contributed by atoms with van der Waals surface area (Å²) in [5.41, 5.74) is 0.709. The van der Waals surface area contributed by atoms with Gasteiger partial charge in [0.2, 0.25) is 0 Å². The molecule has 0 bridgehead atoms. The van der Waals surface area contributed by atoms with Gasteiger partial charge < -0.3 is 4.74 Å². The third-order valence-corrected chi connectivity index (χ3v) is 3.04. The Balaban J connectivity index is 2.75. The molecule has 0 aromatic heterocycles. The monoisotopic (exact) mass is 238 g/mol. The van der Waals surface area contributed by atoms with Crippen molar-refractivity contribution in [1.29, 1.82) is 0 Å². The van der Waals surface area contributed by atoms with Gasteiger partial charge in [-0.3, -0.25) is 4.79 Å². The number of carbonyl (C=O) groups excluding carboxylic acids is 1.